The molecule has 110 valence electrons. The topological polar surface area (TPSA) is 66.6 Å². The molecule has 0 radical (unpaired) electrons. The molecule has 1 fully saturated rings. The minimum Gasteiger partial charge on any atom is -0.395 e. The van der Waals surface area contributed by atoms with Gasteiger partial charge in [0.05, 0.1) is 11.5 Å². The highest BCUT2D eigenvalue weighted by Crippen LogP contribution is 2.35. The molecule has 0 unspecified atom stereocenters. The monoisotopic (exact) mass is 278 g/mol. The first-order valence-corrected chi connectivity index (χ1v) is 7.26. The molecule has 0 heterocycles. The van der Waals surface area contributed by atoms with Gasteiger partial charge in [-0.1, -0.05) is 31.4 Å². The molecule has 0 spiro atoms. The predicted octanol–water partition coefficient (Wildman–Crippen LogP) is 3.03. The van der Waals surface area contributed by atoms with E-state index in [-0.39, 0.29) is 17.2 Å². The lowest BCUT2D eigenvalue weighted by molar-refractivity contribution is -0.384. The van der Waals surface area contributed by atoms with Gasteiger partial charge in [-0.25, -0.2) is 0 Å². The van der Waals surface area contributed by atoms with E-state index in [9.17, 15) is 15.2 Å². The van der Waals surface area contributed by atoms with Gasteiger partial charge in [0.1, 0.15) is 5.69 Å². The number of aliphatic hydroxyl groups excluding tert-OH is 1. The van der Waals surface area contributed by atoms with Crippen molar-refractivity contribution in [2.45, 2.75) is 45.1 Å². The summed E-state index contributed by atoms with van der Waals surface area (Å²) < 4.78 is 0. The van der Waals surface area contributed by atoms with Gasteiger partial charge >= 0.3 is 0 Å². The van der Waals surface area contributed by atoms with E-state index >= 15 is 0 Å². The first kappa shape index (κ1) is 14.8. The van der Waals surface area contributed by atoms with Crippen LogP contribution in [-0.2, 0) is 0 Å². The largest absolute Gasteiger partial charge is 0.395 e. The average molecular weight is 278 g/mol. The van der Waals surface area contributed by atoms with Crippen molar-refractivity contribution in [3.63, 3.8) is 0 Å². The van der Waals surface area contributed by atoms with Crippen LogP contribution in [0.2, 0.25) is 0 Å². The SMILES string of the molecule is Cc1cccc(N(CCO)C2CCCCC2)c1[N+](=O)[O-]. The number of aryl methyl sites for hydroxylation is 1. The quantitative estimate of drug-likeness (QED) is 0.664. The van der Waals surface area contributed by atoms with Gasteiger partial charge in [0.25, 0.3) is 5.69 Å². The van der Waals surface area contributed by atoms with E-state index in [1.54, 1.807) is 19.1 Å². The molecule has 2 rings (SSSR count). The Morgan fingerprint density at radius 2 is 2.05 bits per heavy atom. The van der Waals surface area contributed by atoms with Crippen molar-refractivity contribution >= 4 is 11.4 Å². The molecule has 0 aromatic heterocycles. The Morgan fingerprint density at radius 1 is 1.35 bits per heavy atom. The first-order chi connectivity index (χ1) is 9.65. The highest BCUT2D eigenvalue weighted by Gasteiger charge is 2.27. The third kappa shape index (κ3) is 3.10. The molecular weight excluding hydrogens is 256 g/mol. The van der Waals surface area contributed by atoms with Crippen molar-refractivity contribution in [1.82, 2.24) is 0 Å². The molecule has 5 nitrogen and oxygen atoms in total. The van der Waals surface area contributed by atoms with Crippen LogP contribution in [0.3, 0.4) is 0 Å². The molecule has 1 N–H and O–H groups in total. The Labute approximate surface area is 119 Å². The van der Waals surface area contributed by atoms with Crippen LogP contribution in [0.4, 0.5) is 11.4 Å². The number of aliphatic hydroxyl groups is 1. The van der Waals surface area contributed by atoms with E-state index < -0.39 is 0 Å². The van der Waals surface area contributed by atoms with Crippen molar-refractivity contribution in [2.75, 3.05) is 18.1 Å². The van der Waals surface area contributed by atoms with Gasteiger partial charge in [-0.2, -0.15) is 0 Å². The standard InChI is InChI=1S/C15H22N2O3/c1-12-6-5-9-14(15(12)17(19)20)16(10-11-18)13-7-3-2-4-8-13/h5-6,9,13,18H,2-4,7-8,10-11H2,1H3. The van der Waals surface area contributed by atoms with Gasteiger partial charge < -0.3 is 10.0 Å². The molecule has 0 bridgehead atoms. The van der Waals surface area contributed by atoms with Crippen molar-refractivity contribution < 1.29 is 10.0 Å². The van der Waals surface area contributed by atoms with E-state index in [1.807, 2.05) is 11.0 Å². The molecular formula is C15H22N2O3. The highest BCUT2D eigenvalue weighted by atomic mass is 16.6. The number of hydrogen-bond acceptors (Lipinski definition) is 4. The Hall–Kier alpha value is -1.62. The molecule has 0 amide bonds. The maximum Gasteiger partial charge on any atom is 0.295 e. The van der Waals surface area contributed by atoms with Gasteiger partial charge in [0.2, 0.25) is 0 Å². The van der Waals surface area contributed by atoms with Crippen LogP contribution in [0.5, 0.6) is 0 Å². The van der Waals surface area contributed by atoms with Crippen molar-refractivity contribution in [1.29, 1.82) is 0 Å². The Morgan fingerprint density at radius 3 is 2.65 bits per heavy atom. The fourth-order valence-electron chi connectivity index (χ4n) is 3.11. The smallest absolute Gasteiger partial charge is 0.295 e. The number of anilines is 1. The van der Waals surface area contributed by atoms with Crippen LogP contribution in [0.1, 0.15) is 37.7 Å². The Balaban J connectivity index is 2.38. The number of nitro groups is 1. The summed E-state index contributed by atoms with van der Waals surface area (Å²) in [5, 5.41) is 20.7. The molecule has 1 aromatic rings. The summed E-state index contributed by atoms with van der Waals surface area (Å²) in [6.07, 6.45) is 5.65. The fraction of sp³-hybridized carbons (Fsp3) is 0.600. The van der Waals surface area contributed by atoms with Crippen molar-refractivity contribution in [3.05, 3.63) is 33.9 Å². The van der Waals surface area contributed by atoms with Crippen LogP contribution >= 0.6 is 0 Å². The molecule has 1 saturated carbocycles. The zero-order valence-corrected chi connectivity index (χ0v) is 11.9. The summed E-state index contributed by atoms with van der Waals surface area (Å²) in [6, 6.07) is 5.72. The summed E-state index contributed by atoms with van der Waals surface area (Å²) in [4.78, 5) is 13.1. The lowest BCUT2D eigenvalue weighted by Gasteiger charge is -2.35. The van der Waals surface area contributed by atoms with Crippen LogP contribution in [0, 0.1) is 17.0 Å². The number of rotatable bonds is 5. The molecule has 0 saturated heterocycles. The number of nitrogens with zero attached hydrogens (tertiary/aromatic N) is 2. The summed E-state index contributed by atoms with van der Waals surface area (Å²) in [7, 11) is 0. The summed E-state index contributed by atoms with van der Waals surface area (Å²) in [5.41, 5.74) is 1.49. The molecule has 20 heavy (non-hydrogen) atoms. The molecule has 0 atom stereocenters. The normalized spacial score (nSPS) is 16.1. The highest BCUT2D eigenvalue weighted by molar-refractivity contribution is 5.67. The third-order valence-electron chi connectivity index (χ3n) is 4.06. The van der Waals surface area contributed by atoms with Crippen LogP contribution in [0.25, 0.3) is 0 Å². The van der Waals surface area contributed by atoms with Gasteiger partial charge in [-0.15, -0.1) is 0 Å². The predicted molar refractivity (Wildman–Crippen MR) is 79.1 cm³/mol. The van der Waals surface area contributed by atoms with Gasteiger partial charge in [-0.05, 0) is 25.8 Å². The second-order valence-electron chi connectivity index (χ2n) is 5.41. The van der Waals surface area contributed by atoms with Crippen LogP contribution in [-0.4, -0.2) is 29.2 Å². The van der Waals surface area contributed by atoms with E-state index in [0.717, 1.165) is 25.7 Å². The maximum absolute atomic E-state index is 11.4. The molecule has 1 aliphatic rings. The van der Waals surface area contributed by atoms with Crippen molar-refractivity contribution in [3.8, 4) is 0 Å². The van der Waals surface area contributed by atoms with Gasteiger partial charge in [0.15, 0.2) is 0 Å². The number of benzene rings is 1. The lowest BCUT2D eigenvalue weighted by atomic mass is 9.93. The summed E-state index contributed by atoms with van der Waals surface area (Å²) in [5.74, 6) is 0. The molecule has 0 aliphatic heterocycles. The van der Waals surface area contributed by atoms with Gasteiger partial charge in [0, 0.05) is 18.2 Å². The average Bonchev–Trinajstić information content (AvgIpc) is 2.45. The zero-order chi connectivity index (χ0) is 14.5. The van der Waals surface area contributed by atoms with E-state index in [1.165, 1.54) is 6.42 Å². The second kappa shape index (κ2) is 6.70. The fourth-order valence-corrected chi connectivity index (χ4v) is 3.11. The minimum absolute atomic E-state index is 0.0155. The number of para-hydroxylation sites is 1. The summed E-state index contributed by atoms with van der Waals surface area (Å²) >= 11 is 0. The maximum atomic E-state index is 11.4. The van der Waals surface area contributed by atoms with E-state index in [4.69, 9.17) is 0 Å². The van der Waals surface area contributed by atoms with E-state index in [2.05, 4.69) is 0 Å². The zero-order valence-electron chi connectivity index (χ0n) is 11.9. The molecule has 5 heteroatoms. The first-order valence-electron chi connectivity index (χ1n) is 7.26. The third-order valence-corrected chi connectivity index (χ3v) is 4.06. The van der Waals surface area contributed by atoms with Crippen LogP contribution < -0.4 is 4.90 Å². The van der Waals surface area contributed by atoms with Gasteiger partial charge in [-0.3, -0.25) is 10.1 Å². The van der Waals surface area contributed by atoms with Crippen molar-refractivity contribution in [2.24, 2.45) is 0 Å². The Bertz CT molecular complexity index is 470. The Kier molecular flexibility index (Phi) is 4.95. The number of hydrogen-bond donors (Lipinski definition) is 1. The lowest BCUT2D eigenvalue weighted by Crippen LogP contribution is -2.39. The van der Waals surface area contributed by atoms with Crippen LogP contribution in [0.15, 0.2) is 18.2 Å². The summed E-state index contributed by atoms with van der Waals surface area (Å²) in [6.45, 7) is 2.23. The van der Waals surface area contributed by atoms with E-state index in [0.29, 0.717) is 23.8 Å². The second-order valence-corrected chi connectivity index (χ2v) is 5.41. The number of nitro benzene ring substituents is 1. The molecule has 1 aromatic carbocycles. The molecule has 1 aliphatic carbocycles. The minimum atomic E-state index is -0.308.